The zero-order valence-electron chi connectivity index (χ0n) is 14.0. The van der Waals surface area contributed by atoms with E-state index < -0.39 is 5.97 Å². The molecule has 0 radical (unpaired) electrons. The molecule has 5 nitrogen and oxygen atoms in total. The maximum Gasteiger partial charge on any atom is 0.363 e. The topological polar surface area (TPSA) is 65.0 Å². The van der Waals surface area contributed by atoms with Crippen molar-refractivity contribution >= 4 is 23.9 Å². The van der Waals surface area contributed by atoms with Gasteiger partial charge in [-0.2, -0.15) is 0 Å². The fourth-order valence-corrected chi connectivity index (χ4v) is 2.33. The minimum atomic E-state index is -0.486. The summed E-state index contributed by atoms with van der Waals surface area (Å²) in [6.07, 6.45) is 1.95. The molecule has 25 heavy (non-hydrogen) atoms. The molecule has 0 spiro atoms. The van der Waals surface area contributed by atoms with E-state index in [9.17, 15) is 9.59 Å². The van der Waals surface area contributed by atoms with Crippen LogP contribution in [0.25, 0.3) is 6.08 Å². The van der Waals surface area contributed by atoms with Crippen LogP contribution in [-0.4, -0.2) is 17.8 Å². The van der Waals surface area contributed by atoms with Crippen molar-refractivity contribution in [3.8, 4) is 5.75 Å². The van der Waals surface area contributed by atoms with Crippen LogP contribution in [0.5, 0.6) is 5.75 Å². The van der Waals surface area contributed by atoms with Crippen molar-refractivity contribution in [1.82, 2.24) is 0 Å². The number of esters is 2. The minimum Gasteiger partial charge on any atom is -0.427 e. The molecule has 1 heterocycles. The Balaban J connectivity index is 1.82. The van der Waals surface area contributed by atoms with Gasteiger partial charge in [-0.15, -0.1) is 0 Å². The van der Waals surface area contributed by atoms with E-state index in [1.165, 1.54) is 0 Å². The predicted molar refractivity (Wildman–Crippen MR) is 94.2 cm³/mol. The number of nitrogens with zero attached hydrogens (tertiary/aromatic N) is 1. The lowest BCUT2D eigenvalue weighted by Gasteiger charge is -2.02. The second kappa shape index (κ2) is 7.13. The first-order valence-electron chi connectivity index (χ1n) is 7.96. The van der Waals surface area contributed by atoms with Crippen LogP contribution in [0.2, 0.25) is 0 Å². The summed E-state index contributed by atoms with van der Waals surface area (Å²) >= 11 is 0. The lowest BCUT2D eigenvalue weighted by atomic mass is 10.1. The molecular weight excluding hydrogens is 318 g/mol. The highest BCUT2D eigenvalue weighted by Gasteiger charge is 2.24. The Morgan fingerprint density at radius 1 is 1.16 bits per heavy atom. The minimum absolute atomic E-state index is 0.233. The fraction of sp³-hybridized carbons (Fsp3) is 0.150. The van der Waals surface area contributed by atoms with E-state index in [0.717, 1.165) is 16.7 Å². The monoisotopic (exact) mass is 335 g/mol. The summed E-state index contributed by atoms with van der Waals surface area (Å²) in [5.74, 6) is -0.00682. The Hall–Kier alpha value is -3.21. The highest BCUT2D eigenvalue weighted by molar-refractivity contribution is 6.13. The van der Waals surface area contributed by atoms with Crippen molar-refractivity contribution < 1.29 is 19.1 Å². The molecule has 0 amide bonds. The molecule has 2 aromatic rings. The number of hydrogen-bond donors (Lipinski definition) is 0. The highest BCUT2D eigenvalue weighted by atomic mass is 16.6. The molecule has 0 bridgehead atoms. The molecule has 0 fully saturated rings. The van der Waals surface area contributed by atoms with Crippen LogP contribution in [0.3, 0.4) is 0 Å². The van der Waals surface area contributed by atoms with Gasteiger partial charge in [0.25, 0.3) is 0 Å². The van der Waals surface area contributed by atoms with Crippen molar-refractivity contribution in [2.45, 2.75) is 20.3 Å². The van der Waals surface area contributed by atoms with E-state index in [1.54, 1.807) is 37.3 Å². The van der Waals surface area contributed by atoms with Crippen LogP contribution < -0.4 is 4.74 Å². The average molecular weight is 335 g/mol. The van der Waals surface area contributed by atoms with Crippen LogP contribution in [-0.2, 0) is 14.3 Å². The Morgan fingerprint density at radius 3 is 2.56 bits per heavy atom. The summed E-state index contributed by atoms with van der Waals surface area (Å²) in [6, 6.07) is 14.4. The van der Waals surface area contributed by atoms with Crippen LogP contribution in [0.4, 0.5) is 0 Å². The van der Waals surface area contributed by atoms with Gasteiger partial charge >= 0.3 is 11.9 Å². The molecule has 0 aromatic heterocycles. The first-order chi connectivity index (χ1) is 12.1. The molecule has 0 unspecified atom stereocenters. The van der Waals surface area contributed by atoms with Gasteiger partial charge in [-0.3, -0.25) is 4.79 Å². The third kappa shape index (κ3) is 3.83. The van der Waals surface area contributed by atoms with Crippen molar-refractivity contribution in [1.29, 1.82) is 0 Å². The Labute approximate surface area is 145 Å². The van der Waals surface area contributed by atoms with Gasteiger partial charge in [0.1, 0.15) is 5.75 Å². The van der Waals surface area contributed by atoms with E-state index in [1.807, 2.05) is 31.2 Å². The molecule has 0 saturated carbocycles. The van der Waals surface area contributed by atoms with Crippen LogP contribution >= 0.6 is 0 Å². The summed E-state index contributed by atoms with van der Waals surface area (Å²) in [7, 11) is 0. The number of aryl methyl sites for hydroxylation is 1. The largest absolute Gasteiger partial charge is 0.427 e. The van der Waals surface area contributed by atoms with E-state index >= 15 is 0 Å². The number of rotatable bonds is 4. The highest BCUT2D eigenvalue weighted by Crippen LogP contribution is 2.22. The Kier molecular flexibility index (Phi) is 4.75. The summed E-state index contributed by atoms with van der Waals surface area (Å²) in [5.41, 5.74) is 2.77. The maximum absolute atomic E-state index is 12.1. The van der Waals surface area contributed by atoms with Crippen molar-refractivity contribution in [2.24, 2.45) is 4.99 Å². The van der Waals surface area contributed by atoms with Gasteiger partial charge in [-0.25, -0.2) is 9.79 Å². The number of hydrogen-bond acceptors (Lipinski definition) is 5. The average Bonchev–Trinajstić information content (AvgIpc) is 2.97. The smallest absolute Gasteiger partial charge is 0.363 e. The zero-order chi connectivity index (χ0) is 17.8. The fourth-order valence-electron chi connectivity index (χ4n) is 2.33. The van der Waals surface area contributed by atoms with E-state index in [-0.39, 0.29) is 11.7 Å². The van der Waals surface area contributed by atoms with Crippen LogP contribution in [0, 0.1) is 6.92 Å². The molecule has 0 aliphatic carbocycles. The number of carbonyl (C=O) groups is 2. The number of carbonyl (C=O) groups excluding carboxylic acids is 2. The summed E-state index contributed by atoms with van der Waals surface area (Å²) in [5, 5.41) is 0. The number of cyclic esters (lactones) is 1. The predicted octanol–water partition coefficient (Wildman–Crippen LogP) is 3.65. The SMILES string of the molecule is CCC(=O)Oc1ccc(/C=C2\N=C(c3ccccc3C)OC2=O)cc1. The maximum atomic E-state index is 12.1. The van der Waals surface area contributed by atoms with Gasteiger partial charge in [0.15, 0.2) is 5.70 Å². The molecule has 0 atom stereocenters. The summed E-state index contributed by atoms with van der Waals surface area (Å²) in [6.45, 7) is 3.67. The van der Waals surface area contributed by atoms with Gasteiger partial charge in [0.05, 0.1) is 0 Å². The molecule has 0 N–H and O–H groups in total. The van der Waals surface area contributed by atoms with Gasteiger partial charge < -0.3 is 9.47 Å². The second-order valence-electron chi connectivity index (χ2n) is 5.55. The Morgan fingerprint density at radius 2 is 1.88 bits per heavy atom. The van der Waals surface area contributed by atoms with Gasteiger partial charge in [0.2, 0.25) is 5.90 Å². The van der Waals surface area contributed by atoms with E-state index in [2.05, 4.69) is 4.99 Å². The molecule has 0 saturated heterocycles. The van der Waals surface area contributed by atoms with Crippen molar-refractivity contribution in [3.63, 3.8) is 0 Å². The van der Waals surface area contributed by atoms with E-state index in [4.69, 9.17) is 9.47 Å². The zero-order valence-corrected chi connectivity index (χ0v) is 14.0. The van der Waals surface area contributed by atoms with Crippen LogP contribution in [0.1, 0.15) is 30.0 Å². The molecule has 1 aliphatic rings. The molecule has 2 aromatic carbocycles. The molecule has 3 rings (SSSR count). The number of benzene rings is 2. The van der Waals surface area contributed by atoms with Crippen molar-refractivity contribution in [3.05, 3.63) is 70.9 Å². The number of aliphatic imine (C=N–C) groups is 1. The first-order valence-corrected chi connectivity index (χ1v) is 7.96. The summed E-state index contributed by atoms with van der Waals surface area (Å²) < 4.78 is 10.4. The quantitative estimate of drug-likeness (QED) is 0.486. The number of ether oxygens (including phenoxy) is 2. The van der Waals surface area contributed by atoms with Crippen molar-refractivity contribution in [2.75, 3.05) is 0 Å². The van der Waals surface area contributed by atoms with E-state index in [0.29, 0.717) is 18.1 Å². The second-order valence-corrected chi connectivity index (χ2v) is 5.55. The lowest BCUT2D eigenvalue weighted by Crippen LogP contribution is -2.06. The van der Waals surface area contributed by atoms with Gasteiger partial charge in [0, 0.05) is 12.0 Å². The normalized spacial score (nSPS) is 15.0. The van der Waals surface area contributed by atoms with Crippen LogP contribution in [0.15, 0.2) is 59.2 Å². The van der Waals surface area contributed by atoms with Gasteiger partial charge in [-0.05, 0) is 42.3 Å². The Bertz CT molecular complexity index is 879. The third-order valence-corrected chi connectivity index (χ3v) is 3.70. The summed E-state index contributed by atoms with van der Waals surface area (Å²) in [4.78, 5) is 27.6. The molecule has 126 valence electrons. The molecular formula is C20H17NO4. The molecule has 5 heteroatoms. The molecule has 1 aliphatic heterocycles. The third-order valence-electron chi connectivity index (χ3n) is 3.70. The van der Waals surface area contributed by atoms with Gasteiger partial charge in [-0.1, -0.05) is 37.3 Å². The lowest BCUT2D eigenvalue weighted by molar-refractivity contribution is -0.134. The standard InChI is InChI=1S/C20H17NO4/c1-3-18(22)24-15-10-8-14(9-11-15)12-17-20(23)25-19(21-17)16-7-5-4-6-13(16)2/h4-12H,3H2,1-2H3/b17-12-. The first kappa shape index (κ1) is 16.6.